The van der Waals surface area contributed by atoms with Crippen LogP contribution in [0.1, 0.15) is 47.0 Å². The molecule has 1 rings (SSSR count). The van der Waals surface area contributed by atoms with Crippen LogP contribution in [0.3, 0.4) is 0 Å². The highest BCUT2D eigenvalue weighted by atomic mass is 16.2. The zero-order valence-corrected chi connectivity index (χ0v) is 10.4. The molecule has 0 saturated carbocycles. The molecule has 1 aliphatic rings. The van der Waals surface area contributed by atoms with E-state index in [0.29, 0.717) is 11.8 Å². The van der Waals surface area contributed by atoms with Crippen molar-refractivity contribution in [1.29, 1.82) is 0 Å². The minimum Gasteiger partial charge on any atom is -0.326 e. The first-order chi connectivity index (χ1) is 7.10. The minimum absolute atomic E-state index is 0.0569. The molecule has 1 aliphatic heterocycles. The maximum Gasteiger partial charge on any atom is 0.241 e. The number of carbonyl (C=O) groups excluding carboxylic acids is 1. The lowest BCUT2D eigenvalue weighted by molar-refractivity contribution is -0.130. The SMILES string of the molecule is CCCN1C(=O)C(CC(C)C)NC1CC. The molecule has 1 N–H and O–H groups in total. The lowest BCUT2D eigenvalue weighted by Crippen LogP contribution is -2.37. The Balaban J connectivity index is 2.61. The molecule has 2 unspecified atom stereocenters. The molecule has 0 bridgehead atoms. The monoisotopic (exact) mass is 212 g/mol. The van der Waals surface area contributed by atoms with E-state index in [4.69, 9.17) is 0 Å². The molecular weight excluding hydrogens is 188 g/mol. The predicted molar refractivity (Wildman–Crippen MR) is 62.5 cm³/mol. The van der Waals surface area contributed by atoms with Gasteiger partial charge in [-0.25, -0.2) is 0 Å². The van der Waals surface area contributed by atoms with Crippen LogP contribution < -0.4 is 5.32 Å². The lowest BCUT2D eigenvalue weighted by Gasteiger charge is -2.22. The number of nitrogens with one attached hydrogen (secondary N) is 1. The van der Waals surface area contributed by atoms with Gasteiger partial charge in [0.15, 0.2) is 0 Å². The second-order valence-electron chi connectivity index (χ2n) is 4.80. The Morgan fingerprint density at radius 3 is 2.53 bits per heavy atom. The van der Waals surface area contributed by atoms with Gasteiger partial charge in [0, 0.05) is 6.54 Å². The summed E-state index contributed by atoms with van der Waals surface area (Å²) >= 11 is 0. The van der Waals surface area contributed by atoms with Crippen molar-refractivity contribution in [3.63, 3.8) is 0 Å². The Labute approximate surface area is 93.2 Å². The highest BCUT2D eigenvalue weighted by Gasteiger charge is 2.37. The summed E-state index contributed by atoms with van der Waals surface area (Å²) in [6, 6.07) is 0.0569. The van der Waals surface area contributed by atoms with Crippen LogP contribution in [0.5, 0.6) is 0 Å². The Bertz CT molecular complexity index is 216. The third kappa shape index (κ3) is 2.94. The van der Waals surface area contributed by atoms with E-state index in [1.165, 1.54) is 0 Å². The molecule has 0 aromatic heterocycles. The molecule has 0 aromatic rings. The van der Waals surface area contributed by atoms with Crippen molar-refractivity contribution in [3.8, 4) is 0 Å². The highest BCUT2D eigenvalue weighted by molar-refractivity contribution is 5.84. The normalized spacial score (nSPS) is 26.7. The summed E-state index contributed by atoms with van der Waals surface area (Å²) in [4.78, 5) is 14.1. The van der Waals surface area contributed by atoms with Crippen molar-refractivity contribution in [3.05, 3.63) is 0 Å². The number of nitrogens with zero attached hydrogens (tertiary/aromatic N) is 1. The van der Waals surface area contributed by atoms with Crippen LogP contribution in [0.2, 0.25) is 0 Å². The van der Waals surface area contributed by atoms with Crippen LogP contribution in [0.15, 0.2) is 0 Å². The van der Waals surface area contributed by atoms with E-state index in [0.717, 1.165) is 25.8 Å². The van der Waals surface area contributed by atoms with Gasteiger partial charge in [0.1, 0.15) is 0 Å². The van der Waals surface area contributed by atoms with E-state index in [1.54, 1.807) is 0 Å². The smallest absolute Gasteiger partial charge is 0.241 e. The molecule has 0 spiro atoms. The molecule has 1 amide bonds. The summed E-state index contributed by atoms with van der Waals surface area (Å²) in [5.74, 6) is 0.878. The Morgan fingerprint density at radius 1 is 1.40 bits per heavy atom. The van der Waals surface area contributed by atoms with Crippen molar-refractivity contribution < 1.29 is 4.79 Å². The number of hydrogen-bond acceptors (Lipinski definition) is 2. The fourth-order valence-corrected chi connectivity index (χ4v) is 2.23. The molecule has 3 nitrogen and oxygen atoms in total. The molecule has 0 radical (unpaired) electrons. The molecule has 1 saturated heterocycles. The van der Waals surface area contributed by atoms with Gasteiger partial charge in [0.05, 0.1) is 12.2 Å². The molecular formula is C12H24N2O. The van der Waals surface area contributed by atoms with Gasteiger partial charge in [-0.2, -0.15) is 0 Å². The first-order valence-electron chi connectivity index (χ1n) is 6.16. The number of carbonyl (C=O) groups is 1. The van der Waals surface area contributed by atoms with Crippen LogP contribution in [0.4, 0.5) is 0 Å². The third-order valence-electron chi connectivity index (χ3n) is 2.91. The Morgan fingerprint density at radius 2 is 2.07 bits per heavy atom. The highest BCUT2D eigenvalue weighted by Crippen LogP contribution is 2.18. The molecule has 15 heavy (non-hydrogen) atoms. The van der Waals surface area contributed by atoms with Gasteiger partial charge in [0.2, 0.25) is 5.91 Å². The second-order valence-corrected chi connectivity index (χ2v) is 4.80. The largest absolute Gasteiger partial charge is 0.326 e. The summed E-state index contributed by atoms with van der Waals surface area (Å²) in [5, 5.41) is 3.43. The lowest BCUT2D eigenvalue weighted by atomic mass is 10.0. The average molecular weight is 212 g/mol. The van der Waals surface area contributed by atoms with Crippen molar-refractivity contribution >= 4 is 5.91 Å². The number of hydrogen-bond donors (Lipinski definition) is 1. The van der Waals surface area contributed by atoms with Crippen molar-refractivity contribution in [2.24, 2.45) is 5.92 Å². The molecule has 88 valence electrons. The van der Waals surface area contributed by atoms with E-state index < -0.39 is 0 Å². The van der Waals surface area contributed by atoms with E-state index in [9.17, 15) is 4.79 Å². The van der Waals surface area contributed by atoms with Crippen molar-refractivity contribution in [2.75, 3.05) is 6.54 Å². The van der Waals surface area contributed by atoms with Crippen molar-refractivity contribution in [2.45, 2.75) is 59.2 Å². The maximum absolute atomic E-state index is 12.1. The Hall–Kier alpha value is -0.570. The first-order valence-corrected chi connectivity index (χ1v) is 6.16. The van der Waals surface area contributed by atoms with Crippen molar-refractivity contribution in [1.82, 2.24) is 10.2 Å². The summed E-state index contributed by atoms with van der Waals surface area (Å²) in [5.41, 5.74) is 0. The van der Waals surface area contributed by atoms with Crippen LogP contribution >= 0.6 is 0 Å². The fraction of sp³-hybridized carbons (Fsp3) is 0.917. The van der Waals surface area contributed by atoms with Gasteiger partial charge < -0.3 is 4.90 Å². The first kappa shape index (κ1) is 12.5. The van der Waals surface area contributed by atoms with Gasteiger partial charge >= 0.3 is 0 Å². The number of amides is 1. The van der Waals surface area contributed by atoms with Crippen LogP contribution in [-0.2, 0) is 4.79 Å². The van der Waals surface area contributed by atoms with Gasteiger partial charge in [0.25, 0.3) is 0 Å². The van der Waals surface area contributed by atoms with Gasteiger partial charge in [-0.05, 0) is 25.2 Å². The Kier molecular flexibility index (Phi) is 4.58. The van der Waals surface area contributed by atoms with Gasteiger partial charge in [-0.3, -0.25) is 10.1 Å². The third-order valence-corrected chi connectivity index (χ3v) is 2.91. The molecule has 2 atom stereocenters. The van der Waals surface area contributed by atoms with Gasteiger partial charge in [-0.1, -0.05) is 27.7 Å². The zero-order valence-electron chi connectivity index (χ0n) is 10.4. The summed E-state index contributed by atoms with van der Waals surface area (Å²) in [6.07, 6.45) is 3.26. The minimum atomic E-state index is 0.0569. The van der Waals surface area contributed by atoms with E-state index in [-0.39, 0.29) is 12.2 Å². The quantitative estimate of drug-likeness (QED) is 0.755. The van der Waals surface area contributed by atoms with E-state index in [1.807, 2.05) is 4.90 Å². The summed E-state index contributed by atoms with van der Waals surface area (Å²) in [6.45, 7) is 9.47. The average Bonchev–Trinajstić information content (AvgIpc) is 2.46. The molecule has 0 aliphatic carbocycles. The molecule has 3 heteroatoms. The molecule has 0 aromatic carbocycles. The van der Waals surface area contributed by atoms with Gasteiger partial charge in [-0.15, -0.1) is 0 Å². The topological polar surface area (TPSA) is 32.3 Å². The summed E-state index contributed by atoms with van der Waals surface area (Å²) < 4.78 is 0. The van der Waals surface area contributed by atoms with E-state index >= 15 is 0 Å². The van der Waals surface area contributed by atoms with E-state index in [2.05, 4.69) is 33.0 Å². The van der Waals surface area contributed by atoms with Crippen LogP contribution in [0, 0.1) is 5.92 Å². The molecule has 1 fully saturated rings. The number of rotatable bonds is 5. The predicted octanol–water partition coefficient (Wildman–Crippen LogP) is 1.98. The van der Waals surface area contributed by atoms with Crippen LogP contribution in [0.25, 0.3) is 0 Å². The molecule has 1 heterocycles. The maximum atomic E-state index is 12.1. The summed E-state index contributed by atoms with van der Waals surface area (Å²) in [7, 11) is 0. The zero-order chi connectivity index (χ0) is 11.4. The fourth-order valence-electron chi connectivity index (χ4n) is 2.23. The standard InChI is InChI=1S/C12H24N2O/c1-5-7-14-11(6-2)13-10(12(14)15)8-9(3)4/h9-11,13H,5-8H2,1-4H3. The van der Waals surface area contributed by atoms with Crippen LogP contribution in [-0.4, -0.2) is 29.6 Å². The second kappa shape index (κ2) is 5.50.